The number of anilines is 5. The van der Waals surface area contributed by atoms with Crippen molar-refractivity contribution in [3.63, 3.8) is 0 Å². The second-order valence-electron chi connectivity index (χ2n) is 13.6. The molecule has 6 heterocycles. The lowest BCUT2D eigenvalue weighted by Crippen LogP contribution is -2.61. The third kappa shape index (κ3) is 5.25. The Kier molecular flexibility index (Phi) is 7.65. The molecule has 1 aliphatic carbocycles. The van der Waals surface area contributed by atoms with Gasteiger partial charge in [-0.05, 0) is 87.4 Å². The molecule has 0 saturated carbocycles. The summed E-state index contributed by atoms with van der Waals surface area (Å²) >= 11 is 0. The molecule has 47 heavy (non-hydrogen) atoms. The summed E-state index contributed by atoms with van der Waals surface area (Å²) in [6.07, 6.45) is 10.3. The van der Waals surface area contributed by atoms with Crippen LogP contribution in [-0.4, -0.2) is 86.8 Å². The third-order valence-corrected chi connectivity index (χ3v) is 11.1. The maximum Gasteiger partial charge on any atom is 0.246 e. The minimum absolute atomic E-state index is 0.0167. The number of aryl methyl sites for hydroxylation is 1. The number of morpholine rings is 1. The monoisotopic (exact) mass is 636 g/mol. The molecule has 1 aromatic carbocycles. The molecule has 0 radical (unpaired) electrons. The fraction of sp³-hybridized carbons (Fsp3) is 0.500. The third-order valence-electron chi connectivity index (χ3n) is 11.1. The summed E-state index contributed by atoms with van der Waals surface area (Å²) < 4.78 is 6.49. The molecular formula is C36H44N8O3. The van der Waals surface area contributed by atoms with Crippen molar-refractivity contribution in [3.05, 3.63) is 72.1 Å². The zero-order valence-corrected chi connectivity index (χ0v) is 27.2. The van der Waals surface area contributed by atoms with Crippen molar-refractivity contribution in [2.24, 2.45) is 0 Å². The minimum atomic E-state index is -0.974. The highest BCUT2D eigenvalue weighted by Gasteiger charge is 2.49. The number of hydrazine groups is 1. The second-order valence-corrected chi connectivity index (χ2v) is 13.6. The normalized spacial score (nSPS) is 25.1. The van der Waals surface area contributed by atoms with Crippen LogP contribution >= 0.6 is 0 Å². The van der Waals surface area contributed by atoms with Gasteiger partial charge in [-0.2, -0.15) is 4.98 Å². The Labute approximate surface area is 276 Å². The second kappa shape index (κ2) is 11.9. The lowest BCUT2D eigenvalue weighted by Gasteiger charge is -2.51. The summed E-state index contributed by atoms with van der Waals surface area (Å²) in [7, 11) is 0. The molecule has 5 aliphatic rings. The van der Waals surface area contributed by atoms with Gasteiger partial charge in [0.25, 0.3) is 0 Å². The molecular weight excluding hydrogens is 592 g/mol. The SMILES string of the molecule is C=CCN1C(=O)Cc2cnc(Nc3ccc(N4CCC5(CC4)OCCN4CCCC45)cc3)nc2N1c1ccc2c(n1)[C@@](O)(CC)CC2. The molecule has 3 fully saturated rings. The number of rotatable bonds is 7. The molecule has 11 nitrogen and oxygen atoms in total. The van der Waals surface area contributed by atoms with Crippen molar-refractivity contribution in [2.75, 3.05) is 54.6 Å². The Hall–Kier alpha value is -4.06. The van der Waals surface area contributed by atoms with E-state index < -0.39 is 5.60 Å². The van der Waals surface area contributed by atoms with Crippen molar-refractivity contribution in [2.45, 2.75) is 75.5 Å². The van der Waals surface area contributed by atoms with E-state index in [1.807, 2.05) is 19.1 Å². The number of benzene rings is 1. The number of carbonyl (C=O) groups excluding carboxylic acids is 1. The molecule has 4 aliphatic heterocycles. The Morgan fingerprint density at radius 3 is 2.68 bits per heavy atom. The van der Waals surface area contributed by atoms with E-state index in [4.69, 9.17) is 14.7 Å². The zero-order valence-electron chi connectivity index (χ0n) is 27.2. The van der Waals surface area contributed by atoms with Crippen LogP contribution in [0, 0.1) is 0 Å². The Morgan fingerprint density at radius 1 is 1.06 bits per heavy atom. The highest BCUT2D eigenvalue weighted by molar-refractivity contribution is 5.87. The number of piperidine rings is 1. The van der Waals surface area contributed by atoms with Crippen molar-refractivity contribution in [1.29, 1.82) is 0 Å². The molecule has 3 saturated heterocycles. The van der Waals surface area contributed by atoms with Gasteiger partial charge in [-0.1, -0.05) is 19.1 Å². The molecule has 1 unspecified atom stereocenters. The van der Waals surface area contributed by atoms with Crippen LogP contribution in [0.3, 0.4) is 0 Å². The van der Waals surface area contributed by atoms with E-state index in [1.165, 1.54) is 25.1 Å². The number of aromatic nitrogens is 3. The van der Waals surface area contributed by atoms with Crippen LogP contribution in [0.25, 0.3) is 0 Å². The van der Waals surface area contributed by atoms with E-state index in [-0.39, 0.29) is 17.9 Å². The number of hydrogen-bond donors (Lipinski definition) is 2. The van der Waals surface area contributed by atoms with Gasteiger partial charge in [-0.25, -0.2) is 20.0 Å². The number of nitrogens with one attached hydrogen (secondary N) is 1. The first-order valence-corrected chi connectivity index (χ1v) is 17.2. The predicted octanol–water partition coefficient (Wildman–Crippen LogP) is 4.62. The number of ether oxygens (including phenoxy) is 1. The van der Waals surface area contributed by atoms with E-state index in [0.29, 0.717) is 48.7 Å². The summed E-state index contributed by atoms with van der Waals surface area (Å²) in [5.74, 6) is 1.45. The Morgan fingerprint density at radius 2 is 1.89 bits per heavy atom. The predicted molar refractivity (Wildman–Crippen MR) is 181 cm³/mol. The molecule has 246 valence electrons. The first kappa shape index (κ1) is 30.3. The summed E-state index contributed by atoms with van der Waals surface area (Å²) in [5, 5.41) is 18.0. The Balaban J connectivity index is 1.02. The molecule has 2 atom stereocenters. The van der Waals surface area contributed by atoms with Crippen LogP contribution in [0.1, 0.15) is 62.3 Å². The summed E-state index contributed by atoms with van der Waals surface area (Å²) in [4.78, 5) is 32.8. The standard InChI is InChI=1S/C36H44N8O3/c1-3-17-43-31(45)23-26-24-37-34(40-33(26)44(43)30-12-7-25-13-14-35(46,4-2)32(25)39-30)38-27-8-10-28(11-9-27)41-19-15-36(16-20-41)29-6-5-18-42(29)21-22-47-36/h3,7-12,24,29,46H,1,4-6,13-23H2,2H3,(H,37,38,40)/t29?,35-/m1/s1. The van der Waals surface area contributed by atoms with Gasteiger partial charge in [0.2, 0.25) is 11.9 Å². The highest BCUT2D eigenvalue weighted by atomic mass is 16.5. The number of hydrogen-bond acceptors (Lipinski definition) is 10. The van der Waals surface area contributed by atoms with Crippen molar-refractivity contribution in [1.82, 2.24) is 24.9 Å². The zero-order chi connectivity index (χ0) is 32.2. The number of fused-ring (bicyclic) bond motifs is 4. The van der Waals surface area contributed by atoms with Gasteiger partial charge >= 0.3 is 0 Å². The molecule has 1 amide bonds. The summed E-state index contributed by atoms with van der Waals surface area (Å²) in [6.45, 7) is 11.3. The van der Waals surface area contributed by atoms with E-state index in [0.717, 1.165) is 62.3 Å². The van der Waals surface area contributed by atoms with E-state index in [9.17, 15) is 9.90 Å². The molecule has 2 N–H and O–H groups in total. The van der Waals surface area contributed by atoms with Crippen LogP contribution in [-0.2, 0) is 28.0 Å². The first-order chi connectivity index (χ1) is 22.9. The van der Waals surface area contributed by atoms with Gasteiger partial charge in [0.15, 0.2) is 11.6 Å². The van der Waals surface area contributed by atoms with Crippen molar-refractivity contribution >= 4 is 34.9 Å². The lowest BCUT2D eigenvalue weighted by molar-refractivity contribution is -0.147. The summed E-state index contributed by atoms with van der Waals surface area (Å²) in [5.41, 5.74) is 3.56. The van der Waals surface area contributed by atoms with E-state index >= 15 is 0 Å². The average Bonchev–Trinajstić information content (AvgIpc) is 3.72. The van der Waals surface area contributed by atoms with E-state index in [2.05, 4.69) is 50.9 Å². The smallest absolute Gasteiger partial charge is 0.246 e. The number of carbonyl (C=O) groups is 1. The lowest BCUT2D eigenvalue weighted by atomic mass is 9.81. The van der Waals surface area contributed by atoms with Gasteiger partial charge in [-0.3, -0.25) is 9.69 Å². The maximum atomic E-state index is 13.3. The number of aliphatic hydroxyl groups is 1. The van der Waals surface area contributed by atoms with Gasteiger partial charge in [0.1, 0.15) is 5.60 Å². The van der Waals surface area contributed by atoms with Crippen LogP contribution in [0.2, 0.25) is 0 Å². The van der Waals surface area contributed by atoms with E-state index in [1.54, 1.807) is 22.3 Å². The van der Waals surface area contributed by atoms with Crippen molar-refractivity contribution < 1.29 is 14.6 Å². The van der Waals surface area contributed by atoms with Gasteiger partial charge in [0, 0.05) is 48.8 Å². The quantitative estimate of drug-likeness (QED) is 0.357. The topological polar surface area (TPSA) is 110 Å². The fourth-order valence-electron chi connectivity index (χ4n) is 8.45. The molecule has 0 bridgehead atoms. The number of nitrogens with zero attached hydrogens (tertiary/aromatic N) is 7. The fourth-order valence-corrected chi connectivity index (χ4v) is 8.45. The molecule has 3 aromatic rings. The van der Waals surface area contributed by atoms with Crippen LogP contribution in [0.5, 0.6) is 0 Å². The highest BCUT2D eigenvalue weighted by Crippen LogP contribution is 2.42. The van der Waals surface area contributed by atoms with Crippen LogP contribution in [0.15, 0.2) is 55.3 Å². The van der Waals surface area contributed by atoms with Gasteiger partial charge in [0.05, 0.1) is 30.9 Å². The molecule has 1 spiro atoms. The van der Waals surface area contributed by atoms with Gasteiger partial charge < -0.3 is 20.1 Å². The first-order valence-electron chi connectivity index (χ1n) is 17.2. The molecule has 2 aromatic heterocycles. The molecule has 11 heteroatoms. The average molecular weight is 637 g/mol. The van der Waals surface area contributed by atoms with Crippen molar-refractivity contribution in [3.8, 4) is 0 Å². The van der Waals surface area contributed by atoms with Gasteiger partial charge in [-0.15, -0.1) is 6.58 Å². The Bertz CT molecular complexity index is 1670. The molecule has 8 rings (SSSR count). The largest absolute Gasteiger partial charge is 0.384 e. The maximum absolute atomic E-state index is 13.3. The van der Waals surface area contributed by atoms with Crippen LogP contribution in [0.4, 0.5) is 29.0 Å². The number of pyridine rings is 1. The summed E-state index contributed by atoms with van der Waals surface area (Å²) in [6, 6.07) is 12.9. The van der Waals surface area contributed by atoms with Crippen LogP contribution < -0.4 is 15.2 Å². The minimum Gasteiger partial charge on any atom is -0.384 e. The number of amides is 1.